The van der Waals surface area contributed by atoms with Crippen molar-refractivity contribution < 1.29 is 23.4 Å². The zero-order chi connectivity index (χ0) is 15.3. The molecule has 0 spiro atoms. The van der Waals surface area contributed by atoms with Gasteiger partial charge in [-0.15, -0.1) is 0 Å². The maximum absolute atomic E-state index is 12.6. The molecule has 0 aliphatic heterocycles. The van der Waals surface area contributed by atoms with Crippen LogP contribution < -0.4 is 5.73 Å². The van der Waals surface area contributed by atoms with Gasteiger partial charge in [0.25, 0.3) is 0 Å². The summed E-state index contributed by atoms with van der Waals surface area (Å²) in [6.45, 7) is -0.0940. The Bertz CT molecular complexity index is 516. The molecule has 0 aromatic carbocycles. The number of hydrogen-bond donors (Lipinski definition) is 3. The summed E-state index contributed by atoms with van der Waals surface area (Å²) in [7, 11) is 0. The molecule has 20 heavy (non-hydrogen) atoms. The number of aliphatic hydroxyl groups is 2. The number of anilines is 1. The first kappa shape index (κ1) is 16.0. The molecule has 0 saturated carbocycles. The van der Waals surface area contributed by atoms with E-state index in [9.17, 15) is 23.4 Å². The monoisotopic (exact) mass is 291 g/mol. The lowest BCUT2D eigenvalue weighted by Crippen LogP contribution is -2.20. The van der Waals surface area contributed by atoms with Crippen LogP contribution in [-0.2, 0) is 6.18 Å². The quantitative estimate of drug-likeness (QED) is 0.434. The van der Waals surface area contributed by atoms with Crippen molar-refractivity contribution in [2.24, 2.45) is 5.11 Å². The Balaban J connectivity index is 2.93. The number of nitrogens with two attached hydrogens (primary N) is 1. The van der Waals surface area contributed by atoms with Gasteiger partial charge in [-0.1, -0.05) is 5.11 Å². The third-order valence-electron chi connectivity index (χ3n) is 2.54. The molecule has 1 aromatic rings. The zero-order valence-corrected chi connectivity index (χ0v) is 10.1. The molecule has 2 unspecified atom stereocenters. The molecule has 0 fully saturated rings. The number of hydrogen-bond acceptors (Lipinski definition) is 5. The predicted molar refractivity (Wildman–Crippen MR) is 63.2 cm³/mol. The van der Waals surface area contributed by atoms with Gasteiger partial charge in [0.15, 0.2) is 0 Å². The van der Waals surface area contributed by atoms with Crippen LogP contribution in [0.2, 0.25) is 0 Å². The van der Waals surface area contributed by atoms with Crippen molar-refractivity contribution in [1.82, 2.24) is 4.98 Å². The fourth-order valence-corrected chi connectivity index (χ4v) is 1.50. The topological polar surface area (TPSA) is 128 Å². The molecular weight excluding hydrogens is 279 g/mol. The SMILES string of the molecule is [N-]=[N+]=NCCC(O)C(O)c1cnc(N)c(C(F)(F)F)c1. The van der Waals surface area contributed by atoms with E-state index in [1.165, 1.54) is 0 Å². The fourth-order valence-electron chi connectivity index (χ4n) is 1.50. The Morgan fingerprint density at radius 1 is 1.45 bits per heavy atom. The number of alkyl halides is 3. The van der Waals surface area contributed by atoms with Crippen LogP contribution in [0.3, 0.4) is 0 Å². The van der Waals surface area contributed by atoms with Crippen molar-refractivity contribution in [3.05, 3.63) is 33.8 Å². The Morgan fingerprint density at radius 3 is 2.65 bits per heavy atom. The van der Waals surface area contributed by atoms with Gasteiger partial charge in [0.05, 0.1) is 11.7 Å². The fraction of sp³-hybridized carbons (Fsp3) is 0.500. The van der Waals surface area contributed by atoms with Gasteiger partial charge < -0.3 is 15.9 Å². The average Bonchev–Trinajstić information content (AvgIpc) is 2.37. The Hall–Kier alpha value is -2.03. The standard InChI is InChI=1S/C10H12F3N5O2/c11-10(12,13)6-3-5(4-16-9(6)14)8(20)7(19)1-2-17-18-15/h3-4,7-8,19-20H,1-2H2,(H2,14,16). The van der Waals surface area contributed by atoms with Crippen molar-refractivity contribution in [2.75, 3.05) is 12.3 Å². The van der Waals surface area contributed by atoms with Crippen molar-refractivity contribution in [1.29, 1.82) is 0 Å². The second-order valence-corrected chi connectivity index (χ2v) is 3.95. The molecule has 0 saturated heterocycles. The summed E-state index contributed by atoms with van der Waals surface area (Å²) in [4.78, 5) is 5.80. The van der Waals surface area contributed by atoms with Gasteiger partial charge in [-0.3, -0.25) is 0 Å². The van der Waals surface area contributed by atoms with E-state index in [1.54, 1.807) is 0 Å². The highest BCUT2D eigenvalue weighted by Gasteiger charge is 2.34. The highest BCUT2D eigenvalue weighted by Crippen LogP contribution is 2.34. The molecule has 0 radical (unpaired) electrons. The lowest BCUT2D eigenvalue weighted by atomic mass is 10.0. The number of aliphatic hydroxyl groups excluding tert-OH is 2. The first-order valence-electron chi connectivity index (χ1n) is 5.47. The molecular formula is C10H12F3N5O2. The van der Waals surface area contributed by atoms with Gasteiger partial charge in [0, 0.05) is 23.2 Å². The Morgan fingerprint density at radius 2 is 2.10 bits per heavy atom. The maximum Gasteiger partial charge on any atom is 0.419 e. The van der Waals surface area contributed by atoms with E-state index < -0.39 is 29.8 Å². The number of nitrogens with zero attached hydrogens (tertiary/aromatic N) is 4. The normalized spacial score (nSPS) is 14.4. The summed E-state index contributed by atoms with van der Waals surface area (Å²) in [5.74, 6) is -0.711. The first-order valence-corrected chi connectivity index (χ1v) is 5.47. The molecule has 1 aromatic heterocycles. The molecule has 7 nitrogen and oxygen atoms in total. The second kappa shape index (κ2) is 6.42. The minimum absolute atomic E-state index is 0.0940. The predicted octanol–water partition coefficient (Wildman–Crippen LogP) is 1.78. The van der Waals surface area contributed by atoms with Crippen LogP contribution in [0.5, 0.6) is 0 Å². The summed E-state index contributed by atoms with van der Waals surface area (Å²) < 4.78 is 37.9. The highest BCUT2D eigenvalue weighted by molar-refractivity contribution is 5.43. The highest BCUT2D eigenvalue weighted by atomic mass is 19.4. The van der Waals surface area contributed by atoms with E-state index in [0.717, 1.165) is 6.20 Å². The molecule has 110 valence electrons. The second-order valence-electron chi connectivity index (χ2n) is 3.95. The molecule has 1 heterocycles. The number of aromatic nitrogens is 1. The van der Waals surface area contributed by atoms with Crippen LogP contribution in [0.15, 0.2) is 17.4 Å². The van der Waals surface area contributed by atoms with Gasteiger partial charge in [0.2, 0.25) is 0 Å². The van der Waals surface area contributed by atoms with Gasteiger partial charge in [-0.05, 0) is 18.0 Å². The van der Waals surface area contributed by atoms with Gasteiger partial charge in [-0.2, -0.15) is 13.2 Å². The van der Waals surface area contributed by atoms with E-state index in [4.69, 9.17) is 11.3 Å². The van der Waals surface area contributed by atoms with E-state index >= 15 is 0 Å². The number of halogens is 3. The minimum atomic E-state index is -4.71. The summed E-state index contributed by atoms with van der Waals surface area (Å²) >= 11 is 0. The van der Waals surface area contributed by atoms with E-state index in [0.29, 0.717) is 6.07 Å². The Kier molecular flexibility index (Phi) is 5.14. The van der Waals surface area contributed by atoms with Crippen molar-refractivity contribution in [2.45, 2.75) is 24.8 Å². The molecule has 2 atom stereocenters. The summed E-state index contributed by atoms with van der Waals surface area (Å²) in [6.07, 6.45) is -6.82. The van der Waals surface area contributed by atoms with Gasteiger partial charge >= 0.3 is 6.18 Å². The summed E-state index contributed by atoms with van der Waals surface area (Å²) in [6, 6.07) is 0.629. The number of rotatable bonds is 5. The largest absolute Gasteiger partial charge is 0.419 e. The minimum Gasteiger partial charge on any atom is -0.390 e. The molecule has 1 rings (SSSR count). The van der Waals surface area contributed by atoms with Crippen molar-refractivity contribution in [3.63, 3.8) is 0 Å². The molecule has 0 aliphatic rings. The lowest BCUT2D eigenvalue weighted by molar-refractivity contribution is -0.137. The van der Waals surface area contributed by atoms with Crippen LogP contribution in [0, 0.1) is 0 Å². The van der Waals surface area contributed by atoms with Crippen LogP contribution in [0.4, 0.5) is 19.0 Å². The first-order chi connectivity index (χ1) is 9.27. The molecule has 4 N–H and O–H groups in total. The maximum atomic E-state index is 12.6. The summed E-state index contributed by atoms with van der Waals surface area (Å²) in [5.41, 5.74) is 11.8. The molecule has 0 aliphatic carbocycles. The molecule has 0 amide bonds. The molecule has 10 heteroatoms. The van der Waals surface area contributed by atoms with Gasteiger partial charge in [0.1, 0.15) is 11.9 Å². The van der Waals surface area contributed by atoms with Crippen LogP contribution >= 0.6 is 0 Å². The smallest absolute Gasteiger partial charge is 0.390 e. The van der Waals surface area contributed by atoms with Crippen LogP contribution in [-0.4, -0.2) is 27.8 Å². The lowest BCUT2D eigenvalue weighted by Gasteiger charge is -2.18. The van der Waals surface area contributed by atoms with Gasteiger partial charge in [-0.25, -0.2) is 4.98 Å². The van der Waals surface area contributed by atoms with E-state index in [1.807, 2.05) is 0 Å². The third kappa shape index (κ3) is 3.98. The third-order valence-corrected chi connectivity index (χ3v) is 2.54. The van der Waals surface area contributed by atoms with Crippen LogP contribution in [0.1, 0.15) is 23.7 Å². The number of nitrogen functional groups attached to an aromatic ring is 1. The zero-order valence-electron chi connectivity index (χ0n) is 10.1. The van der Waals surface area contributed by atoms with Crippen LogP contribution in [0.25, 0.3) is 10.4 Å². The van der Waals surface area contributed by atoms with Crippen molar-refractivity contribution >= 4 is 5.82 Å². The Labute approximate surface area is 111 Å². The van der Waals surface area contributed by atoms with E-state index in [2.05, 4.69) is 15.0 Å². The number of azide groups is 1. The molecule has 0 bridgehead atoms. The average molecular weight is 291 g/mol. The number of pyridine rings is 1. The van der Waals surface area contributed by atoms with Crippen molar-refractivity contribution in [3.8, 4) is 0 Å². The summed E-state index contributed by atoms with van der Waals surface area (Å²) in [5, 5.41) is 22.5. The van der Waals surface area contributed by atoms with E-state index in [-0.39, 0.29) is 18.5 Å².